The van der Waals surface area contributed by atoms with E-state index in [-0.39, 0.29) is 23.8 Å². The molecule has 2 rings (SSSR count). The smallest absolute Gasteiger partial charge is 0.243 e. The summed E-state index contributed by atoms with van der Waals surface area (Å²) in [5.74, 6) is 0.837. The first kappa shape index (κ1) is 19.2. The van der Waals surface area contributed by atoms with Gasteiger partial charge >= 0.3 is 0 Å². The summed E-state index contributed by atoms with van der Waals surface area (Å²) in [4.78, 5) is 4.11. The Kier molecular flexibility index (Phi) is 6.38. The van der Waals surface area contributed by atoms with Crippen molar-refractivity contribution in [1.29, 1.82) is 0 Å². The zero-order valence-corrected chi connectivity index (χ0v) is 15.6. The summed E-state index contributed by atoms with van der Waals surface area (Å²) >= 11 is 0. The number of nitrogens with one attached hydrogen (secondary N) is 2. The topological polar surface area (TPSA) is 106 Å². The van der Waals surface area contributed by atoms with Gasteiger partial charge < -0.3 is 14.6 Å². The molecule has 0 radical (unpaired) electrons. The van der Waals surface area contributed by atoms with Crippen LogP contribution in [0.1, 0.15) is 32.5 Å². The highest BCUT2D eigenvalue weighted by Gasteiger charge is 2.18. The second-order valence-electron chi connectivity index (χ2n) is 6.05. The zero-order valence-electron chi connectivity index (χ0n) is 14.8. The minimum atomic E-state index is -3.65. The molecule has 0 fully saturated rings. The molecule has 0 aliphatic rings. The van der Waals surface area contributed by atoms with E-state index < -0.39 is 10.0 Å². The summed E-state index contributed by atoms with van der Waals surface area (Å²) in [6.07, 6.45) is 0.616. The summed E-state index contributed by atoms with van der Waals surface area (Å²) in [6.45, 7) is 5.82. The molecule has 1 unspecified atom stereocenters. The maximum absolute atomic E-state index is 12.2. The zero-order chi connectivity index (χ0) is 18.4. The summed E-state index contributed by atoms with van der Waals surface area (Å²) in [5.41, 5.74) is 0.444. The Bertz CT molecular complexity index is 772. The van der Waals surface area contributed by atoms with Crippen LogP contribution in [-0.4, -0.2) is 37.8 Å². The Balaban J connectivity index is 1.97. The number of sulfonamides is 1. The van der Waals surface area contributed by atoms with Gasteiger partial charge in [-0.25, -0.2) is 8.42 Å². The number of rotatable bonds is 9. The van der Waals surface area contributed by atoms with Crippen LogP contribution in [0.5, 0.6) is 5.75 Å². The van der Waals surface area contributed by atoms with Crippen molar-refractivity contribution >= 4 is 15.7 Å². The number of hydrogen-bond acceptors (Lipinski definition) is 7. The molecule has 1 aromatic heterocycles. The quantitative estimate of drug-likeness (QED) is 0.697. The summed E-state index contributed by atoms with van der Waals surface area (Å²) in [7, 11) is -1.82. The van der Waals surface area contributed by atoms with Gasteiger partial charge in [0.2, 0.25) is 15.9 Å². The second-order valence-corrected chi connectivity index (χ2v) is 7.77. The molecule has 25 heavy (non-hydrogen) atoms. The van der Waals surface area contributed by atoms with E-state index in [0.717, 1.165) is 0 Å². The third kappa shape index (κ3) is 6.35. The van der Waals surface area contributed by atoms with E-state index in [4.69, 9.17) is 9.26 Å². The van der Waals surface area contributed by atoms with Gasteiger partial charge in [0, 0.05) is 18.2 Å². The molecule has 8 nitrogen and oxygen atoms in total. The predicted molar refractivity (Wildman–Crippen MR) is 95.0 cm³/mol. The minimum absolute atomic E-state index is 0.0555. The fourth-order valence-corrected chi connectivity index (χ4v) is 3.07. The SMILES string of the molecule is CNC(C)Cc1noc(CS(=O)(=O)Nc2ccc(OC(C)C)cc2)n1. The van der Waals surface area contributed by atoms with Crippen molar-refractivity contribution < 1.29 is 17.7 Å². The van der Waals surface area contributed by atoms with Crippen LogP contribution in [-0.2, 0) is 22.2 Å². The van der Waals surface area contributed by atoms with E-state index in [2.05, 4.69) is 20.2 Å². The largest absolute Gasteiger partial charge is 0.491 e. The molecule has 0 aliphatic heterocycles. The van der Waals surface area contributed by atoms with E-state index >= 15 is 0 Å². The Hall–Kier alpha value is -2.13. The number of aromatic nitrogens is 2. The molecule has 0 bridgehead atoms. The predicted octanol–water partition coefficient (Wildman–Crippen LogP) is 1.95. The monoisotopic (exact) mass is 368 g/mol. The average Bonchev–Trinajstić information content (AvgIpc) is 2.94. The van der Waals surface area contributed by atoms with Crippen LogP contribution in [0.25, 0.3) is 0 Å². The Morgan fingerprint density at radius 3 is 2.48 bits per heavy atom. The number of likely N-dealkylation sites (N-methyl/N-ethyl adjacent to an activating group) is 1. The standard InChI is InChI=1S/C16H24N4O4S/c1-11(2)23-14-7-5-13(6-8-14)20-25(21,22)10-16-18-15(19-24-16)9-12(3)17-4/h5-8,11-12,17,20H,9-10H2,1-4H3. The Morgan fingerprint density at radius 2 is 1.88 bits per heavy atom. The molecular formula is C16H24N4O4S. The van der Waals surface area contributed by atoms with E-state index in [1.165, 1.54) is 0 Å². The first-order valence-electron chi connectivity index (χ1n) is 8.03. The van der Waals surface area contributed by atoms with Crippen LogP contribution in [0.3, 0.4) is 0 Å². The van der Waals surface area contributed by atoms with E-state index in [1.54, 1.807) is 24.3 Å². The normalized spacial score (nSPS) is 13.0. The van der Waals surface area contributed by atoms with Gasteiger partial charge in [0.05, 0.1) is 6.10 Å². The molecule has 0 amide bonds. The highest BCUT2D eigenvalue weighted by molar-refractivity contribution is 7.91. The lowest BCUT2D eigenvalue weighted by molar-refractivity contribution is 0.242. The van der Waals surface area contributed by atoms with Crippen LogP contribution in [0.2, 0.25) is 0 Å². The Morgan fingerprint density at radius 1 is 1.20 bits per heavy atom. The van der Waals surface area contributed by atoms with Crippen molar-refractivity contribution in [2.45, 2.75) is 45.1 Å². The van der Waals surface area contributed by atoms with Crippen LogP contribution < -0.4 is 14.8 Å². The van der Waals surface area contributed by atoms with Crippen molar-refractivity contribution in [3.05, 3.63) is 36.0 Å². The second kappa shape index (κ2) is 8.30. The average molecular weight is 368 g/mol. The third-order valence-corrected chi connectivity index (χ3v) is 4.48. The van der Waals surface area contributed by atoms with Crippen molar-refractivity contribution in [2.75, 3.05) is 11.8 Å². The highest BCUT2D eigenvalue weighted by Crippen LogP contribution is 2.18. The van der Waals surface area contributed by atoms with Gasteiger partial charge in [-0.1, -0.05) is 5.16 Å². The van der Waals surface area contributed by atoms with Crippen molar-refractivity contribution in [2.24, 2.45) is 0 Å². The molecular weight excluding hydrogens is 344 g/mol. The minimum Gasteiger partial charge on any atom is -0.491 e. The summed E-state index contributed by atoms with van der Waals surface area (Å²) in [6, 6.07) is 6.88. The van der Waals surface area contributed by atoms with Gasteiger partial charge in [-0.15, -0.1) is 0 Å². The van der Waals surface area contributed by atoms with Gasteiger partial charge in [-0.3, -0.25) is 4.72 Å². The molecule has 2 aromatic rings. The lowest BCUT2D eigenvalue weighted by atomic mass is 10.2. The van der Waals surface area contributed by atoms with Crippen LogP contribution in [0.4, 0.5) is 5.69 Å². The first-order valence-corrected chi connectivity index (χ1v) is 9.68. The summed E-state index contributed by atoms with van der Waals surface area (Å²) in [5, 5.41) is 6.86. The number of ether oxygens (including phenoxy) is 1. The van der Waals surface area contributed by atoms with Gasteiger partial charge in [0.25, 0.3) is 0 Å². The molecule has 0 saturated carbocycles. The molecule has 1 atom stereocenters. The summed E-state index contributed by atoms with van der Waals surface area (Å²) < 4.78 is 37.5. The molecule has 1 heterocycles. The van der Waals surface area contributed by atoms with Gasteiger partial charge in [-0.2, -0.15) is 4.98 Å². The van der Waals surface area contributed by atoms with Crippen LogP contribution >= 0.6 is 0 Å². The lowest BCUT2D eigenvalue weighted by Gasteiger charge is -2.11. The number of anilines is 1. The lowest BCUT2D eigenvalue weighted by Crippen LogP contribution is -2.24. The molecule has 9 heteroatoms. The molecule has 138 valence electrons. The molecule has 0 spiro atoms. The van der Waals surface area contributed by atoms with E-state index in [0.29, 0.717) is 23.7 Å². The van der Waals surface area contributed by atoms with Crippen LogP contribution in [0, 0.1) is 0 Å². The van der Waals surface area contributed by atoms with E-state index in [1.807, 2.05) is 27.8 Å². The first-order chi connectivity index (χ1) is 11.8. The molecule has 0 saturated heterocycles. The van der Waals surface area contributed by atoms with Gasteiger partial charge in [0.15, 0.2) is 5.82 Å². The number of benzene rings is 1. The maximum Gasteiger partial charge on any atom is 0.243 e. The fourth-order valence-electron chi connectivity index (χ4n) is 2.06. The molecule has 1 aromatic carbocycles. The maximum atomic E-state index is 12.2. The highest BCUT2D eigenvalue weighted by atomic mass is 32.2. The number of nitrogens with zero attached hydrogens (tertiary/aromatic N) is 2. The van der Waals surface area contributed by atoms with Crippen LogP contribution in [0.15, 0.2) is 28.8 Å². The number of hydrogen-bond donors (Lipinski definition) is 2. The van der Waals surface area contributed by atoms with Crippen molar-refractivity contribution in [3.63, 3.8) is 0 Å². The van der Waals surface area contributed by atoms with Crippen molar-refractivity contribution in [3.8, 4) is 5.75 Å². The Labute approximate surface area is 148 Å². The molecule has 0 aliphatic carbocycles. The fraction of sp³-hybridized carbons (Fsp3) is 0.500. The van der Waals surface area contributed by atoms with Gasteiger partial charge in [0.1, 0.15) is 11.5 Å². The van der Waals surface area contributed by atoms with Gasteiger partial charge in [-0.05, 0) is 52.1 Å². The molecule has 2 N–H and O–H groups in total. The third-order valence-electron chi connectivity index (χ3n) is 3.30. The van der Waals surface area contributed by atoms with Crippen molar-refractivity contribution in [1.82, 2.24) is 15.5 Å². The van der Waals surface area contributed by atoms with E-state index in [9.17, 15) is 8.42 Å².